The molecule has 2 nitrogen and oxygen atoms in total. The molecule has 16 heavy (non-hydrogen) atoms. The molecular formula is C12H17F2NO. The van der Waals surface area contributed by atoms with Gasteiger partial charge in [-0.05, 0) is 19.5 Å². The molecule has 1 aromatic carbocycles. The number of hydrogen-bond donors (Lipinski definition) is 1. The number of benzene rings is 1. The topological polar surface area (TPSA) is 21.3 Å². The molecule has 1 atom stereocenters. The molecule has 0 radical (unpaired) electrons. The number of ether oxygens (including phenoxy) is 1. The summed E-state index contributed by atoms with van der Waals surface area (Å²) in [5.74, 6) is 0.524. The van der Waals surface area contributed by atoms with E-state index in [1.807, 2.05) is 26.0 Å². The Balaban J connectivity index is 2.74. The highest BCUT2D eigenvalue weighted by molar-refractivity contribution is 5.35. The van der Waals surface area contributed by atoms with Crippen LogP contribution in [-0.4, -0.2) is 19.6 Å². The second-order valence-corrected chi connectivity index (χ2v) is 3.52. The zero-order chi connectivity index (χ0) is 12.0. The number of rotatable bonds is 6. The second-order valence-electron chi connectivity index (χ2n) is 3.52. The monoisotopic (exact) mass is 229 g/mol. The Labute approximate surface area is 94.6 Å². The van der Waals surface area contributed by atoms with Crippen LogP contribution in [0.4, 0.5) is 8.78 Å². The fourth-order valence-electron chi connectivity index (χ4n) is 1.54. The maximum atomic E-state index is 12.1. The maximum absolute atomic E-state index is 12.1. The van der Waals surface area contributed by atoms with E-state index < -0.39 is 13.0 Å². The van der Waals surface area contributed by atoms with E-state index in [1.54, 1.807) is 12.1 Å². The molecule has 1 aromatic rings. The van der Waals surface area contributed by atoms with Crippen LogP contribution in [0.3, 0.4) is 0 Å². The largest absolute Gasteiger partial charge is 0.487 e. The van der Waals surface area contributed by atoms with Crippen molar-refractivity contribution in [2.24, 2.45) is 0 Å². The lowest BCUT2D eigenvalue weighted by atomic mass is 10.1. The molecule has 0 spiro atoms. The molecule has 4 heteroatoms. The van der Waals surface area contributed by atoms with Crippen LogP contribution in [0.1, 0.15) is 25.5 Å². The van der Waals surface area contributed by atoms with E-state index in [-0.39, 0.29) is 6.04 Å². The van der Waals surface area contributed by atoms with Gasteiger partial charge in [-0.3, -0.25) is 0 Å². The van der Waals surface area contributed by atoms with Crippen LogP contribution in [0.15, 0.2) is 24.3 Å². The molecule has 0 aliphatic heterocycles. The lowest BCUT2D eigenvalue weighted by Gasteiger charge is -2.17. The Morgan fingerprint density at radius 1 is 1.31 bits per heavy atom. The van der Waals surface area contributed by atoms with Crippen molar-refractivity contribution in [3.8, 4) is 5.75 Å². The van der Waals surface area contributed by atoms with Gasteiger partial charge in [-0.1, -0.05) is 25.1 Å². The average molecular weight is 229 g/mol. The van der Waals surface area contributed by atoms with E-state index >= 15 is 0 Å². The number of alkyl halides is 2. The fraction of sp³-hybridized carbons (Fsp3) is 0.500. The van der Waals surface area contributed by atoms with Crippen molar-refractivity contribution in [1.29, 1.82) is 0 Å². The zero-order valence-electron chi connectivity index (χ0n) is 9.54. The SMILES string of the molecule is CCNC(C)c1ccccc1OCC(F)F. The van der Waals surface area contributed by atoms with Gasteiger partial charge >= 0.3 is 0 Å². The van der Waals surface area contributed by atoms with Crippen molar-refractivity contribution in [2.45, 2.75) is 26.3 Å². The standard InChI is InChI=1S/C12H17F2NO/c1-3-15-9(2)10-6-4-5-7-11(10)16-8-12(13)14/h4-7,9,12,15H,3,8H2,1-2H3. The lowest BCUT2D eigenvalue weighted by Crippen LogP contribution is -2.19. The smallest absolute Gasteiger partial charge is 0.272 e. The van der Waals surface area contributed by atoms with E-state index in [1.165, 1.54) is 0 Å². The Morgan fingerprint density at radius 2 is 2.00 bits per heavy atom. The predicted molar refractivity (Wildman–Crippen MR) is 60.0 cm³/mol. The second kappa shape index (κ2) is 6.43. The van der Waals surface area contributed by atoms with Crippen LogP contribution in [0.25, 0.3) is 0 Å². The molecule has 0 amide bonds. The number of halogens is 2. The molecule has 1 unspecified atom stereocenters. The van der Waals surface area contributed by atoms with Gasteiger partial charge in [0.15, 0.2) is 0 Å². The van der Waals surface area contributed by atoms with E-state index in [4.69, 9.17) is 4.74 Å². The van der Waals surface area contributed by atoms with E-state index in [9.17, 15) is 8.78 Å². The quantitative estimate of drug-likeness (QED) is 0.809. The van der Waals surface area contributed by atoms with Crippen molar-refractivity contribution in [3.63, 3.8) is 0 Å². The first-order valence-corrected chi connectivity index (χ1v) is 5.38. The summed E-state index contributed by atoms with van der Waals surface area (Å²) >= 11 is 0. The third-order valence-corrected chi connectivity index (χ3v) is 2.26. The van der Waals surface area contributed by atoms with E-state index in [2.05, 4.69) is 5.32 Å². The minimum atomic E-state index is -2.44. The van der Waals surface area contributed by atoms with E-state index in [0.717, 1.165) is 12.1 Å². The zero-order valence-corrected chi connectivity index (χ0v) is 9.54. The normalized spacial score (nSPS) is 12.8. The molecule has 0 heterocycles. The van der Waals surface area contributed by atoms with Gasteiger partial charge in [-0.25, -0.2) is 8.78 Å². The number of hydrogen-bond acceptors (Lipinski definition) is 2. The maximum Gasteiger partial charge on any atom is 0.272 e. The number of para-hydroxylation sites is 1. The van der Waals surface area contributed by atoms with Gasteiger partial charge in [0.25, 0.3) is 6.43 Å². The summed E-state index contributed by atoms with van der Waals surface area (Å²) < 4.78 is 29.2. The molecule has 0 aliphatic carbocycles. The minimum Gasteiger partial charge on any atom is -0.487 e. The molecule has 1 rings (SSSR count). The molecule has 0 saturated carbocycles. The summed E-state index contributed by atoms with van der Waals surface area (Å²) in [4.78, 5) is 0. The van der Waals surface area contributed by atoms with Gasteiger partial charge in [0.2, 0.25) is 0 Å². The van der Waals surface area contributed by atoms with Gasteiger partial charge in [-0.15, -0.1) is 0 Å². The van der Waals surface area contributed by atoms with Gasteiger partial charge in [0, 0.05) is 11.6 Å². The molecule has 90 valence electrons. The number of nitrogens with one attached hydrogen (secondary N) is 1. The highest BCUT2D eigenvalue weighted by atomic mass is 19.3. The van der Waals surface area contributed by atoms with Crippen molar-refractivity contribution < 1.29 is 13.5 Å². The third kappa shape index (κ3) is 3.77. The lowest BCUT2D eigenvalue weighted by molar-refractivity contribution is 0.0811. The summed E-state index contributed by atoms with van der Waals surface area (Å²) in [6, 6.07) is 7.35. The predicted octanol–water partition coefficient (Wildman–Crippen LogP) is 3.00. The van der Waals surface area contributed by atoms with Crippen LogP contribution in [0, 0.1) is 0 Å². The average Bonchev–Trinajstić information content (AvgIpc) is 2.27. The Kier molecular flexibility index (Phi) is 5.19. The highest BCUT2D eigenvalue weighted by Gasteiger charge is 2.11. The molecule has 0 saturated heterocycles. The highest BCUT2D eigenvalue weighted by Crippen LogP contribution is 2.24. The third-order valence-electron chi connectivity index (χ3n) is 2.26. The first kappa shape index (κ1) is 12.9. The molecular weight excluding hydrogens is 212 g/mol. The first-order valence-electron chi connectivity index (χ1n) is 5.38. The molecule has 0 aliphatic rings. The van der Waals surface area contributed by atoms with Crippen molar-refractivity contribution in [1.82, 2.24) is 5.32 Å². The summed E-state index contributed by atoms with van der Waals surface area (Å²) in [6.45, 7) is 4.24. The Morgan fingerprint density at radius 3 is 2.62 bits per heavy atom. The van der Waals surface area contributed by atoms with Crippen molar-refractivity contribution in [2.75, 3.05) is 13.2 Å². The summed E-state index contributed by atoms with van der Waals surface area (Å²) in [5.41, 5.74) is 0.907. The van der Waals surface area contributed by atoms with Crippen LogP contribution < -0.4 is 10.1 Å². The fourth-order valence-corrected chi connectivity index (χ4v) is 1.54. The van der Waals surface area contributed by atoms with Gasteiger partial charge in [0.1, 0.15) is 12.4 Å². The summed E-state index contributed by atoms with van der Waals surface area (Å²) in [6.07, 6.45) is -2.44. The van der Waals surface area contributed by atoms with Gasteiger partial charge in [-0.2, -0.15) is 0 Å². The van der Waals surface area contributed by atoms with Crippen molar-refractivity contribution in [3.05, 3.63) is 29.8 Å². The molecule has 1 N–H and O–H groups in total. The summed E-state index contributed by atoms with van der Waals surface area (Å²) in [5, 5.41) is 3.22. The van der Waals surface area contributed by atoms with Gasteiger partial charge < -0.3 is 10.1 Å². The van der Waals surface area contributed by atoms with Crippen LogP contribution in [0.5, 0.6) is 5.75 Å². The van der Waals surface area contributed by atoms with Crippen LogP contribution >= 0.6 is 0 Å². The first-order chi connectivity index (χ1) is 7.65. The Bertz CT molecular complexity index is 318. The molecule has 0 bridgehead atoms. The minimum absolute atomic E-state index is 0.0962. The van der Waals surface area contributed by atoms with Gasteiger partial charge in [0.05, 0.1) is 0 Å². The molecule has 0 aromatic heterocycles. The van der Waals surface area contributed by atoms with E-state index in [0.29, 0.717) is 5.75 Å². The Hall–Kier alpha value is -1.16. The van der Waals surface area contributed by atoms with Crippen LogP contribution in [0.2, 0.25) is 0 Å². The summed E-state index contributed by atoms with van der Waals surface area (Å²) in [7, 11) is 0. The van der Waals surface area contributed by atoms with Crippen LogP contribution in [-0.2, 0) is 0 Å². The van der Waals surface area contributed by atoms with Crippen molar-refractivity contribution >= 4 is 0 Å². The molecule has 0 fully saturated rings.